The second-order valence-corrected chi connectivity index (χ2v) is 8.00. The largest absolute Gasteiger partial charge is 0.507 e. The second kappa shape index (κ2) is 7.91. The molecule has 3 N–H and O–H groups in total. The Morgan fingerprint density at radius 1 is 1.07 bits per heavy atom. The number of likely N-dealkylation sites (tertiary alicyclic amines) is 1. The third kappa shape index (κ3) is 3.57. The third-order valence-electron chi connectivity index (χ3n) is 5.94. The first kappa shape index (κ1) is 18.8. The van der Waals surface area contributed by atoms with E-state index in [1.807, 2.05) is 41.3 Å². The van der Waals surface area contributed by atoms with Gasteiger partial charge in [-0.05, 0) is 43.5 Å². The molecule has 30 heavy (non-hydrogen) atoms. The first-order valence-electron chi connectivity index (χ1n) is 10.5. The van der Waals surface area contributed by atoms with Crippen LogP contribution < -0.4 is 10.6 Å². The Balaban J connectivity index is 1.41. The van der Waals surface area contributed by atoms with Gasteiger partial charge >= 0.3 is 0 Å². The summed E-state index contributed by atoms with van der Waals surface area (Å²) in [5.41, 5.74) is 1.40. The first-order valence-corrected chi connectivity index (χ1v) is 10.5. The lowest BCUT2D eigenvalue weighted by Gasteiger charge is -2.20. The molecule has 154 valence electrons. The van der Waals surface area contributed by atoms with Crippen LogP contribution in [0.1, 0.15) is 19.3 Å². The van der Waals surface area contributed by atoms with Crippen molar-refractivity contribution in [2.24, 2.45) is 0 Å². The maximum atomic E-state index is 12.7. The van der Waals surface area contributed by atoms with Gasteiger partial charge in [0.05, 0.1) is 17.1 Å². The molecule has 2 aromatic carbocycles. The van der Waals surface area contributed by atoms with Crippen LogP contribution in [0.5, 0.6) is 5.75 Å². The minimum absolute atomic E-state index is 0.0945. The first-order chi connectivity index (χ1) is 14.7. The van der Waals surface area contributed by atoms with Gasteiger partial charge < -0.3 is 20.6 Å². The number of hydrogen-bond acceptors (Lipinski definition) is 6. The fraction of sp³-hybridized carbons (Fsp3) is 0.348. The number of carbonyl (C=O) groups is 1. The SMILES string of the molecule is O=C([C@H]1C[C@H](Nc2nc(-c3ccccc3O)nc3ccccc23)CN1)N1CCCC1. The number of aromatic nitrogens is 2. The van der Waals surface area contributed by atoms with Gasteiger partial charge in [-0.2, -0.15) is 0 Å². The average molecular weight is 403 g/mol. The highest BCUT2D eigenvalue weighted by Gasteiger charge is 2.33. The molecule has 2 aliphatic rings. The van der Waals surface area contributed by atoms with Gasteiger partial charge in [-0.25, -0.2) is 9.97 Å². The maximum absolute atomic E-state index is 12.7. The number of phenols is 1. The summed E-state index contributed by atoms with van der Waals surface area (Å²) in [5, 5.41) is 18.1. The van der Waals surface area contributed by atoms with E-state index in [2.05, 4.69) is 15.6 Å². The predicted molar refractivity (Wildman–Crippen MR) is 116 cm³/mol. The van der Waals surface area contributed by atoms with Gasteiger partial charge in [-0.1, -0.05) is 24.3 Å². The van der Waals surface area contributed by atoms with Gasteiger partial charge in [-0.15, -0.1) is 0 Å². The quantitative estimate of drug-likeness (QED) is 0.621. The van der Waals surface area contributed by atoms with E-state index in [1.54, 1.807) is 12.1 Å². The fourth-order valence-corrected chi connectivity index (χ4v) is 4.35. The Morgan fingerprint density at radius 2 is 1.83 bits per heavy atom. The van der Waals surface area contributed by atoms with Crippen LogP contribution in [-0.2, 0) is 4.79 Å². The minimum Gasteiger partial charge on any atom is -0.507 e. The van der Waals surface area contributed by atoms with Crippen LogP contribution >= 0.6 is 0 Å². The molecule has 2 atom stereocenters. The third-order valence-corrected chi connectivity index (χ3v) is 5.94. The van der Waals surface area contributed by atoms with E-state index >= 15 is 0 Å². The molecule has 5 rings (SSSR count). The van der Waals surface area contributed by atoms with Crippen LogP contribution in [0.4, 0.5) is 5.82 Å². The molecule has 3 aromatic rings. The number of nitrogens with zero attached hydrogens (tertiary/aromatic N) is 3. The zero-order valence-electron chi connectivity index (χ0n) is 16.7. The smallest absolute Gasteiger partial charge is 0.239 e. The number of fused-ring (bicyclic) bond motifs is 1. The van der Waals surface area contributed by atoms with Crippen LogP contribution in [-0.4, -0.2) is 57.6 Å². The molecule has 2 aliphatic heterocycles. The number of nitrogens with one attached hydrogen (secondary N) is 2. The molecule has 0 aliphatic carbocycles. The standard InChI is InChI=1S/C23H25N5O2/c29-20-10-4-2-8-17(20)22-26-18-9-3-1-7-16(18)21(27-22)25-15-13-19(24-14-15)23(30)28-11-5-6-12-28/h1-4,7-10,15,19,24,29H,5-6,11-14H2,(H,25,26,27)/t15-,19+/m0/s1. The number of phenolic OH excluding ortho intramolecular Hbond substituents is 1. The maximum Gasteiger partial charge on any atom is 0.239 e. The molecule has 3 heterocycles. The summed E-state index contributed by atoms with van der Waals surface area (Å²) >= 11 is 0. The normalized spacial score (nSPS) is 21.3. The average Bonchev–Trinajstić information content (AvgIpc) is 3.46. The molecule has 1 amide bonds. The van der Waals surface area contributed by atoms with E-state index in [0.29, 0.717) is 17.9 Å². The molecule has 7 heteroatoms. The van der Waals surface area contributed by atoms with Gasteiger partial charge in [0.15, 0.2) is 5.82 Å². The van der Waals surface area contributed by atoms with Crippen molar-refractivity contribution in [1.29, 1.82) is 0 Å². The van der Waals surface area contributed by atoms with Gasteiger partial charge in [0, 0.05) is 31.1 Å². The summed E-state index contributed by atoms with van der Waals surface area (Å²) in [6.07, 6.45) is 2.92. The van der Waals surface area contributed by atoms with Crippen molar-refractivity contribution in [2.45, 2.75) is 31.3 Å². The van der Waals surface area contributed by atoms with E-state index in [9.17, 15) is 9.90 Å². The Kier molecular flexibility index (Phi) is 4.96. The summed E-state index contributed by atoms with van der Waals surface area (Å²) in [6, 6.07) is 14.9. The zero-order valence-corrected chi connectivity index (χ0v) is 16.7. The molecule has 7 nitrogen and oxygen atoms in total. The van der Waals surface area contributed by atoms with Crippen LogP contribution in [0.2, 0.25) is 0 Å². The van der Waals surface area contributed by atoms with Crippen molar-refractivity contribution >= 4 is 22.6 Å². The Labute approximate surface area is 175 Å². The lowest BCUT2D eigenvalue weighted by atomic mass is 10.1. The Hall–Kier alpha value is -3.19. The van der Waals surface area contributed by atoms with E-state index in [-0.39, 0.29) is 23.7 Å². The van der Waals surface area contributed by atoms with Crippen molar-refractivity contribution < 1.29 is 9.90 Å². The van der Waals surface area contributed by atoms with E-state index < -0.39 is 0 Å². The Morgan fingerprint density at radius 3 is 2.67 bits per heavy atom. The van der Waals surface area contributed by atoms with Crippen LogP contribution in [0.15, 0.2) is 48.5 Å². The molecular weight excluding hydrogens is 378 g/mol. The highest BCUT2D eigenvalue weighted by molar-refractivity contribution is 5.91. The number of benzene rings is 2. The van der Waals surface area contributed by atoms with Crippen LogP contribution in [0.3, 0.4) is 0 Å². The summed E-state index contributed by atoms with van der Waals surface area (Å²) in [6.45, 7) is 2.44. The molecular formula is C23H25N5O2. The van der Waals surface area contributed by atoms with Gasteiger partial charge in [0.2, 0.25) is 5.91 Å². The zero-order chi connectivity index (χ0) is 20.5. The molecule has 0 spiro atoms. The highest BCUT2D eigenvalue weighted by atomic mass is 16.3. The summed E-state index contributed by atoms with van der Waals surface area (Å²) in [4.78, 5) is 24.1. The van der Waals surface area contributed by atoms with Crippen molar-refractivity contribution in [3.63, 3.8) is 0 Å². The molecule has 0 saturated carbocycles. The summed E-state index contributed by atoms with van der Waals surface area (Å²) < 4.78 is 0. The van der Waals surface area contributed by atoms with Gasteiger partial charge in [0.1, 0.15) is 11.6 Å². The number of anilines is 1. The van der Waals surface area contributed by atoms with Gasteiger partial charge in [-0.3, -0.25) is 4.79 Å². The van der Waals surface area contributed by atoms with Crippen molar-refractivity contribution in [3.8, 4) is 17.1 Å². The fourth-order valence-electron chi connectivity index (χ4n) is 4.35. The van der Waals surface area contributed by atoms with Crippen LogP contribution in [0.25, 0.3) is 22.3 Å². The predicted octanol–water partition coefficient (Wildman–Crippen LogP) is 2.77. The molecule has 0 radical (unpaired) electrons. The highest BCUT2D eigenvalue weighted by Crippen LogP contribution is 2.30. The molecule has 2 saturated heterocycles. The number of carbonyl (C=O) groups excluding carboxylic acids is 1. The molecule has 1 aromatic heterocycles. The summed E-state index contributed by atoms with van der Waals surface area (Å²) in [5.74, 6) is 1.56. The number of hydrogen-bond donors (Lipinski definition) is 3. The topological polar surface area (TPSA) is 90.4 Å². The molecule has 0 bridgehead atoms. The van der Waals surface area contributed by atoms with E-state index in [0.717, 1.165) is 49.1 Å². The number of aromatic hydroxyl groups is 1. The second-order valence-electron chi connectivity index (χ2n) is 8.00. The van der Waals surface area contributed by atoms with Crippen molar-refractivity contribution in [3.05, 3.63) is 48.5 Å². The van der Waals surface area contributed by atoms with Crippen LogP contribution in [0, 0.1) is 0 Å². The monoisotopic (exact) mass is 403 g/mol. The van der Waals surface area contributed by atoms with Crippen molar-refractivity contribution in [1.82, 2.24) is 20.2 Å². The number of para-hydroxylation sites is 2. The molecule has 2 fully saturated rings. The van der Waals surface area contributed by atoms with E-state index in [1.165, 1.54) is 0 Å². The summed E-state index contributed by atoms with van der Waals surface area (Å²) in [7, 11) is 0. The number of amides is 1. The lowest BCUT2D eigenvalue weighted by Crippen LogP contribution is -2.42. The Bertz CT molecular complexity index is 1080. The van der Waals surface area contributed by atoms with Crippen molar-refractivity contribution in [2.75, 3.05) is 25.0 Å². The minimum atomic E-state index is -0.147. The lowest BCUT2D eigenvalue weighted by molar-refractivity contribution is -0.131. The molecule has 0 unspecified atom stereocenters. The van der Waals surface area contributed by atoms with Gasteiger partial charge in [0.25, 0.3) is 0 Å². The van der Waals surface area contributed by atoms with E-state index in [4.69, 9.17) is 4.98 Å². The number of rotatable bonds is 4.